The van der Waals surface area contributed by atoms with E-state index in [-0.39, 0.29) is 11.1 Å². The predicted octanol–water partition coefficient (Wildman–Crippen LogP) is 3.60. The second-order valence-electron chi connectivity index (χ2n) is 6.30. The normalized spacial score (nSPS) is 11.9. The van der Waals surface area contributed by atoms with Crippen LogP contribution >= 0.6 is 0 Å². The van der Waals surface area contributed by atoms with Crippen LogP contribution in [0.5, 0.6) is 0 Å². The van der Waals surface area contributed by atoms with Crippen LogP contribution in [0.3, 0.4) is 0 Å². The van der Waals surface area contributed by atoms with Gasteiger partial charge < -0.3 is 15.2 Å². The van der Waals surface area contributed by atoms with Crippen molar-refractivity contribution in [1.82, 2.24) is 9.97 Å². The number of H-pyrrole nitrogens is 1. The number of aliphatic hydroxyl groups is 1. The number of carboxylic acid groups (broad SMARTS) is 1. The molecule has 0 saturated heterocycles. The molecule has 0 aliphatic heterocycles. The first-order valence-electron chi connectivity index (χ1n) is 7.43. The Bertz CT molecular complexity index is 955. The fraction of sp³-hybridized carbons (Fsp3) is 0.222. The molecule has 1 heterocycles. The molecule has 3 rings (SSSR count). The zero-order valence-corrected chi connectivity index (χ0v) is 13.5. The number of halogens is 1. The van der Waals surface area contributed by atoms with E-state index in [0.29, 0.717) is 16.6 Å². The van der Waals surface area contributed by atoms with Gasteiger partial charge in [-0.15, -0.1) is 0 Å². The lowest BCUT2D eigenvalue weighted by molar-refractivity contribution is 0.0686. The topological polar surface area (TPSA) is 86.2 Å². The Labute approximate surface area is 137 Å². The molecule has 1 aromatic heterocycles. The number of imidazole rings is 1. The highest BCUT2D eigenvalue weighted by Gasteiger charge is 2.27. The molecule has 0 atom stereocenters. The molecule has 0 fully saturated rings. The summed E-state index contributed by atoms with van der Waals surface area (Å²) in [5.74, 6) is -1.24. The summed E-state index contributed by atoms with van der Waals surface area (Å²) >= 11 is 0. The first-order valence-corrected chi connectivity index (χ1v) is 7.43. The zero-order valence-electron chi connectivity index (χ0n) is 13.5. The molecule has 0 unspecified atom stereocenters. The molecule has 0 aliphatic rings. The number of hydrogen-bond acceptors (Lipinski definition) is 3. The Morgan fingerprint density at radius 3 is 2.58 bits per heavy atom. The fourth-order valence-corrected chi connectivity index (χ4v) is 2.88. The Morgan fingerprint density at radius 1 is 1.25 bits per heavy atom. The van der Waals surface area contributed by atoms with Crippen molar-refractivity contribution in [2.24, 2.45) is 0 Å². The van der Waals surface area contributed by atoms with Gasteiger partial charge in [0.1, 0.15) is 11.6 Å². The molecule has 6 heteroatoms. The number of nitrogens with zero attached hydrogens (tertiary/aromatic N) is 1. The summed E-state index contributed by atoms with van der Waals surface area (Å²) < 4.78 is 14.5. The van der Waals surface area contributed by atoms with Crippen molar-refractivity contribution in [3.63, 3.8) is 0 Å². The molecule has 2 aromatic carbocycles. The van der Waals surface area contributed by atoms with Gasteiger partial charge in [0.15, 0.2) is 0 Å². The third-order valence-corrected chi connectivity index (χ3v) is 3.86. The molecule has 0 bridgehead atoms. The van der Waals surface area contributed by atoms with Crippen molar-refractivity contribution < 1.29 is 19.4 Å². The summed E-state index contributed by atoms with van der Waals surface area (Å²) in [6.07, 6.45) is 0. The van der Waals surface area contributed by atoms with E-state index in [4.69, 9.17) is 0 Å². The van der Waals surface area contributed by atoms with Crippen LogP contribution in [0.4, 0.5) is 4.39 Å². The molecule has 5 nitrogen and oxygen atoms in total. The lowest BCUT2D eigenvalue weighted by Gasteiger charge is -2.23. The van der Waals surface area contributed by atoms with E-state index in [1.165, 1.54) is 19.9 Å². The highest BCUT2D eigenvalue weighted by molar-refractivity contribution is 5.91. The van der Waals surface area contributed by atoms with E-state index in [1.807, 2.05) is 6.92 Å². The van der Waals surface area contributed by atoms with Crippen LogP contribution < -0.4 is 0 Å². The average molecular weight is 328 g/mol. The lowest BCUT2D eigenvalue weighted by atomic mass is 9.87. The standard InChI is InChI=1S/C18H17FN2O3/c1-9-20-14-5-4-10(8-15(14)21-9)12-6-11(17(22)23)7-13(19)16(12)18(2,3)24/h4-8,24H,1-3H3,(H,20,21)(H,22,23). The van der Waals surface area contributed by atoms with Crippen molar-refractivity contribution in [2.45, 2.75) is 26.4 Å². The van der Waals surface area contributed by atoms with Crippen LogP contribution in [0.1, 0.15) is 35.6 Å². The number of carbonyl (C=O) groups is 1. The number of aryl methyl sites for hydroxylation is 1. The van der Waals surface area contributed by atoms with Gasteiger partial charge in [0, 0.05) is 5.56 Å². The van der Waals surface area contributed by atoms with Crippen LogP contribution in [0.15, 0.2) is 30.3 Å². The first kappa shape index (κ1) is 16.1. The number of benzene rings is 2. The van der Waals surface area contributed by atoms with Crippen LogP contribution in [-0.4, -0.2) is 26.2 Å². The van der Waals surface area contributed by atoms with Crippen molar-refractivity contribution in [3.8, 4) is 11.1 Å². The van der Waals surface area contributed by atoms with Gasteiger partial charge >= 0.3 is 5.97 Å². The Hall–Kier alpha value is -2.73. The smallest absolute Gasteiger partial charge is 0.335 e. The Morgan fingerprint density at radius 2 is 1.96 bits per heavy atom. The second-order valence-corrected chi connectivity index (χ2v) is 6.30. The third-order valence-electron chi connectivity index (χ3n) is 3.86. The highest BCUT2D eigenvalue weighted by Crippen LogP contribution is 2.35. The van der Waals surface area contributed by atoms with Gasteiger partial charge in [-0.05, 0) is 56.2 Å². The van der Waals surface area contributed by atoms with E-state index < -0.39 is 17.4 Å². The molecule has 0 aliphatic carbocycles. The number of aromatic carboxylic acids is 1. The summed E-state index contributed by atoms with van der Waals surface area (Å²) in [7, 11) is 0. The van der Waals surface area contributed by atoms with Gasteiger partial charge in [-0.25, -0.2) is 14.2 Å². The van der Waals surface area contributed by atoms with Crippen molar-refractivity contribution in [2.75, 3.05) is 0 Å². The predicted molar refractivity (Wildman–Crippen MR) is 88.4 cm³/mol. The summed E-state index contributed by atoms with van der Waals surface area (Å²) in [5.41, 5.74) is 0.861. The first-order chi connectivity index (χ1) is 11.2. The Balaban J connectivity index is 2.31. The van der Waals surface area contributed by atoms with Crippen LogP contribution in [-0.2, 0) is 5.60 Å². The molecule has 0 spiro atoms. The fourth-order valence-electron chi connectivity index (χ4n) is 2.88. The van der Waals surface area contributed by atoms with E-state index in [9.17, 15) is 19.4 Å². The molecular weight excluding hydrogens is 311 g/mol. The third kappa shape index (κ3) is 2.76. The monoisotopic (exact) mass is 328 g/mol. The van der Waals surface area contributed by atoms with Gasteiger partial charge in [0.25, 0.3) is 0 Å². The minimum Gasteiger partial charge on any atom is -0.478 e. The molecule has 0 amide bonds. The van der Waals surface area contributed by atoms with Crippen LogP contribution in [0.2, 0.25) is 0 Å². The number of hydrogen-bond donors (Lipinski definition) is 3. The number of aromatic nitrogens is 2. The minimum absolute atomic E-state index is 0.0547. The quantitative estimate of drug-likeness (QED) is 0.685. The molecule has 0 radical (unpaired) electrons. The molecule has 24 heavy (non-hydrogen) atoms. The average Bonchev–Trinajstić information content (AvgIpc) is 2.83. The number of rotatable bonds is 3. The number of nitrogens with one attached hydrogen (secondary N) is 1. The maximum Gasteiger partial charge on any atom is 0.335 e. The van der Waals surface area contributed by atoms with Crippen LogP contribution in [0.25, 0.3) is 22.2 Å². The maximum atomic E-state index is 14.5. The summed E-state index contributed by atoms with van der Waals surface area (Å²) in [6, 6.07) is 7.59. The maximum absolute atomic E-state index is 14.5. The molecular formula is C18H17FN2O3. The minimum atomic E-state index is -1.47. The largest absolute Gasteiger partial charge is 0.478 e. The molecule has 3 aromatic rings. The lowest BCUT2D eigenvalue weighted by Crippen LogP contribution is -2.20. The van der Waals surface area contributed by atoms with Crippen molar-refractivity contribution in [1.29, 1.82) is 0 Å². The van der Waals surface area contributed by atoms with E-state index in [2.05, 4.69) is 9.97 Å². The Kier molecular flexibility index (Phi) is 3.64. The SMILES string of the molecule is Cc1nc2cc(-c3cc(C(=O)O)cc(F)c3C(C)(C)O)ccc2[nH]1. The number of carboxylic acids is 1. The van der Waals surface area contributed by atoms with Crippen molar-refractivity contribution in [3.05, 3.63) is 53.1 Å². The van der Waals surface area contributed by atoms with Gasteiger partial charge in [-0.2, -0.15) is 0 Å². The van der Waals surface area contributed by atoms with Gasteiger partial charge in [-0.1, -0.05) is 6.07 Å². The van der Waals surface area contributed by atoms with Gasteiger partial charge in [-0.3, -0.25) is 0 Å². The van der Waals surface area contributed by atoms with E-state index >= 15 is 0 Å². The number of fused-ring (bicyclic) bond motifs is 1. The molecule has 0 saturated carbocycles. The molecule has 3 N–H and O–H groups in total. The summed E-state index contributed by atoms with van der Waals surface area (Å²) in [6.45, 7) is 4.76. The summed E-state index contributed by atoms with van der Waals surface area (Å²) in [5, 5.41) is 19.6. The zero-order chi connectivity index (χ0) is 17.6. The van der Waals surface area contributed by atoms with Crippen molar-refractivity contribution >= 4 is 17.0 Å². The van der Waals surface area contributed by atoms with Gasteiger partial charge in [0.05, 0.1) is 22.2 Å². The van der Waals surface area contributed by atoms with Crippen LogP contribution in [0, 0.1) is 12.7 Å². The van der Waals surface area contributed by atoms with E-state index in [1.54, 1.807) is 18.2 Å². The summed E-state index contributed by atoms with van der Waals surface area (Å²) in [4.78, 5) is 18.7. The second kappa shape index (κ2) is 5.42. The van der Waals surface area contributed by atoms with E-state index in [0.717, 1.165) is 17.4 Å². The van der Waals surface area contributed by atoms with Gasteiger partial charge in [0.2, 0.25) is 0 Å². The highest BCUT2D eigenvalue weighted by atomic mass is 19.1. The number of aromatic amines is 1. The molecule has 124 valence electrons.